The van der Waals surface area contributed by atoms with Crippen molar-refractivity contribution in [2.45, 2.75) is 6.54 Å². The van der Waals surface area contributed by atoms with Gasteiger partial charge in [0.2, 0.25) is 0 Å². The number of carboxylic acids is 1. The molecule has 0 aliphatic heterocycles. The third-order valence-corrected chi connectivity index (χ3v) is 2.48. The van der Waals surface area contributed by atoms with Crippen molar-refractivity contribution in [1.29, 1.82) is 0 Å². The Labute approximate surface area is 104 Å². The first-order valence-electron chi connectivity index (χ1n) is 4.63. The quantitative estimate of drug-likeness (QED) is 0.940. The number of aromatic nitrogens is 3. The fraction of sp³-hybridized carbons (Fsp3) is 0.100. The van der Waals surface area contributed by atoms with E-state index < -0.39 is 5.97 Å². The van der Waals surface area contributed by atoms with Gasteiger partial charge in [-0.15, -0.1) is 5.10 Å². The number of nitrogens with zero attached hydrogens (tertiary/aromatic N) is 3. The maximum Gasteiger partial charge on any atom is 0.358 e. The van der Waals surface area contributed by atoms with Crippen molar-refractivity contribution in [1.82, 2.24) is 15.0 Å². The predicted molar refractivity (Wildman–Crippen MR) is 60.2 cm³/mol. The van der Waals surface area contributed by atoms with Gasteiger partial charge in [0.15, 0.2) is 5.69 Å². The predicted octanol–water partition coefficient (Wildman–Crippen LogP) is 1.93. The zero-order chi connectivity index (χ0) is 12.4. The Bertz CT molecular complexity index is 550. The van der Waals surface area contributed by atoms with Crippen LogP contribution < -0.4 is 0 Å². The van der Waals surface area contributed by atoms with Crippen molar-refractivity contribution in [2.24, 2.45) is 0 Å². The molecule has 0 fully saturated rings. The smallest absolute Gasteiger partial charge is 0.358 e. The van der Waals surface area contributed by atoms with E-state index >= 15 is 0 Å². The molecular weight excluding hydrogens is 293 g/mol. The molecule has 0 atom stereocenters. The second kappa shape index (κ2) is 4.62. The molecule has 1 aromatic carbocycles. The van der Waals surface area contributed by atoms with E-state index in [2.05, 4.69) is 26.2 Å². The maximum absolute atomic E-state index is 13.1. The molecular formula is C10H7BrFN3O2. The summed E-state index contributed by atoms with van der Waals surface area (Å²) >= 11 is 3.18. The first-order valence-corrected chi connectivity index (χ1v) is 5.42. The first kappa shape index (κ1) is 11.7. The molecule has 1 heterocycles. The van der Waals surface area contributed by atoms with Gasteiger partial charge >= 0.3 is 5.97 Å². The van der Waals surface area contributed by atoms with E-state index in [9.17, 15) is 9.18 Å². The molecule has 2 rings (SSSR count). The minimum atomic E-state index is -1.14. The Morgan fingerprint density at radius 2 is 2.24 bits per heavy atom. The second-order valence-electron chi connectivity index (χ2n) is 3.38. The van der Waals surface area contributed by atoms with Gasteiger partial charge in [0.25, 0.3) is 0 Å². The average molecular weight is 300 g/mol. The molecule has 0 bridgehead atoms. The highest BCUT2D eigenvalue weighted by Crippen LogP contribution is 2.15. The van der Waals surface area contributed by atoms with Crippen LogP contribution in [0.3, 0.4) is 0 Å². The normalized spacial score (nSPS) is 10.5. The van der Waals surface area contributed by atoms with Crippen molar-refractivity contribution in [3.63, 3.8) is 0 Å². The summed E-state index contributed by atoms with van der Waals surface area (Å²) in [5.74, 6) is -1.51. The lowest BCUT2D eigenvalue weighted by atomic mass is 10.2. The number of rotatable bonds is 3. The number of hydrogen-bond donors (Lipinski definition) is 1. The Kier molecular flexibility index (Phi) is 3.19. The van der Waals surface area contributed by atoms with Crippen LogP contribution in [0.15, 0.2) is 28.9 Å². The summed E-state index contributed by atoms with van der Waals surface area (Å²) in [4.78, 5) is 10.6. The zero-order valence-electron chi connectivity index (χ0n) is 8.47. The number of carbonyl (C=O) groups is 1. The second-order valence-corrected chi connectivity index (χ2v) is 4.30. The standard InChI is InChI=1S/C10H7BrFN3O2/c11-7-1-6(2-8(12)3-7)4-15-5-9(10(16)17)13-14-15/h1-3,5H,4H2,(H,16,17). The zero-order valence-corrected chi connectivity index (χ0v) is 10.1. The van der Waals surface area contributed by atoms with E-state index in [4.69, 9.17) is 5.11 Å². The van der Waals surface area contributed by atoms with Gasteiger partial charge in [-0.25, -0.2) is 13.9 Å². The summed E-state index contributed by atoms with van der Waals surface area (Å²) in [5, 5.41) is 15.8. The Morgan fingerprint density at radius 3 is 2.82 bits per heavy atom. The monoisotopic (exact) mass is 299 g/mol. The Balaban J connectivity index is 2.22. The fourth-order valence-corrected chi connectivity index (χ4v) is 1.88. The van der Waals surface area contributed by atoms with E-state index in [1.165, 1.54) is 23.0 Å². The van der Waals surface area contributed by atoms with Crippen molar-refractivity contribution in [3.8, 4) is 0 Å². The third-order valence-electron chi connectivity index (χ3n) is 2.02. The number of benzene rings is 1. The van der Waals surface area contributed by atoms with Crippen molar-refractivity contribution < 1.29 is 14.3 Å². The molecule has 88 valence electrons. The molecule has 17 heavy (non-hydrogen) atoms. The van der Waals surface area contributed by atoms with Gasteiger partial charge in [0.1, 0.15) is 5.82 Å². The molecule has 0 unspecified atom stereocenters. The van der Waals surface area contributed by atoms with E-state index in [1.807, 2.05) is 0 Å². The summed E-state index contributed by atoms with van der Waals surface area (Å²) in [6.07, 6.45) is 1.29. The van der Waals surface area contributed by atoms with Gasteiger partial charge in [0, 0.05) is 4.47 Å². The van der Waals surface area contributed by atoms with Gasteiger partial charge in [0.05, 0.1) is 12.7 Å². The third kappa shape index (κ3) is 2.88. The molecule has 0 saturated heterocycles. The van der Waals surface area contributed by atoms with E-state index in [0.29, 0.717) is 10.0 Å². The van der Waals surface area contributed by atoms with Crippen LogP contribution in [0.2, 0.25) is 0 Å². The van der Waals surface area contributed by atoms with Gasteiger partial charge < -0.3 is 5.11 Å². The molecule has 1 aromatic heterocycles. The van der Waals surface area contributed by atoms with Gasteiger partial charge in [-0.05, 0) is 23.8 Å². The molecule has 7 heteroatoms. The van der Waals surface area contributed by atoms with Crippen molar-refractivity contribution in [2.75, 3.05) is 0 Å². The van der Waals surface area contributed by atoms with Crippen LogP contribution in [0.4, 0.5) is 4.39 Å². The minimum absolute atomic E-state index is 0.138. The highest BCUT2D eigenvalue weighted by atomic mass is 79.9. The molecule has 0 aliphatic carbocycles. The highest BCUT2D eigenvalue weighted by molar-refractivity contribution is 9.10. The van der Waals surface area contributed by atoms with Crippen molar-refractivity contribution in [3.05, 3.63) is 45.9 Å². The summed E-state index contributed by atoms with van der Waals surface area (Å²) in [5.41, 5.74) is 0.527. The molecule has 5 nitrogen and oxygen atoms in total. The molecule has 0 aliphatic rings. The van der Waals surface area contributed by atoms with Crippen LogP contribution in [-0.4, -0.2) is 26.1 Å². The fourth-order valence-electron chi connectivity index (χ4n) is 1.36. The van der Waals surface area contributed by atoms with Crippen LogP contribution >= 0.6 is 15.9 Å². The van der Waals surface area contributed by atoms with Crippen LogP contribution in [0.5, 0.6) is 0 Å². The topological polar surface area (TPSA) is 68.0 Å². The molecule has 0 amide bonds. The lowest BCUT2D eigenvalue weighted by molar-refractivity contribution is 0.0690. The molecule has 0 radical (unpaired) electrons. The largest absolute Gasteiger partial charge is 0.476 e. The summed E-state index contributed by atoms with van der Waals surface area (Å²) < 4.78 is 15.0. The lowest BCUT2D eigenvalue weighted by Crippen LogP contribution is -2.01. The molecule has 2 aromatic rings. The summed E-state index contributed by atoms with van der Waals surface area (Å²) in [6.45, 7) is 0.261. The van der Waals surface area contributed by atoms with Crippen molar-refractivity contribution >= 4 is 21.9 Å². The molecule has 0 saturated carbocycles. The first-order chi connectivity index (χ1) is 8.04. The summed E-state index contributed by atoms with van der Waals surface area (Å²) in [6, 6.07) is 4.42. The Hall–Kier alpha value is -1.76. The minimum Gasteiger partial charge on any atom is -0.476 e. The lowest BCUT2D eigenvalue weighted by Gasteiger charge is -2.02. The van der Waals surface area contributed by atoms with Crippen LogP contribution in [0, 0.1) is 5.82 Å². The van der Waals surface area contributed by atoms with Gasteiger partial charge in [-0.3, -0.25) is 0 Å². The number of halogens is 2. The average Bonchev–Trinajstić information content (AvgIpc) is 2.64. The Morgan fingerprint density at radius 1 is 1.47 bits per heavy atom. The molecule has 0 spiro atoms. The van der Waals surface area contributed by atoms with Crippen LogP contribution in [-0.2, 0) is 6.54 Å². The highest BCUT2D eigenvalue weighted by Gasteiger charge is 2.08. The van der Waals surface area contributed by atoms with Crippen LogP contribution in [0.1, 0.15) is 16.1 Å². The number of carboxylic acid groups (broad SMARTS) is 1. The van der Waals surface area contributed by atoms with E-state index in [1.54, 1.807) is 6.07 Å². The van der Waals surface area contributed by atoms with Gasteiger partial charge in [-0.2, -0.15) is 0 Å². The van der Waals surface area contributed by atoms with E-state index in [0.717, 1.165) is 0 Å². The SMILES string of the molecule is O=C(O)c1cn(Cc2cc(F)cc(Br)c2)nn1. The van der Waals surface area contributed by atoms with Crippen LogP contribution in [0.25, 0.3) is 0 Å². The van der Waals surface area contributed by atoms with E-state index in [-0.39, 0.29) is 18.1 Å². The van der Waals surface area contributed by atoms with Gasteiger partial charge in [-0.1, -0.05) is 21.1 Å². The number of hydrogen-bond acceptors (Lipinski definition) is 3. The molecule has 1 N–H and O–H groups in total. The maximum atomic E-state index is 13.1. The summed E-state index contributed by atoms with van der Waals surface area (Å²) in [7, 11) is 0. The number of aromatic carboxylic acids is 1.